The molecule has 3 atom stereocenters. The van der Waals surface area contributed by atoms with Gasteiger partial charge < -0.3 is 5.73 Å². The second kappa shape index (κ2) is 7.01. The molecule has 1 unspecified atom stereocenters. The maximum absolute atomic E-state index is 10.1. The predicted octanol–water partition coefficient (Wildman–Crippen LogP) is 5.21. The van der Waals surface area contributed by atoms with Crippen LogP contribution in [0.3, 0.4) is 0 Å². The molecule has 0 heterocycles. The number of nitrogens with zero attached hydrogens (tertiary/aromatic N) is 3. The predicted molar refractivity (Wildman–Crippen MR) is 108 cm³/mol. The molecule has 0 bridgehead atoms. The van der Waals surface area contributed by atoms with Crippen LogP contribution in [0.25, 0.3) is 0 Å². The molecule has 1 aromatic carbocycles. The van der Waals surface area contributed by atoms with E-state index in [9.17, 15) is 15.8 Å². The van der Waals surface area contributed by atoms with Crippen molar-refractivity contribution in [2.75, 3.05) is 0 Å². The summed E-state index contributed by atoms with van der Waals surface area (Å²) < 4.78 is 0. The third-order valence-corrected chi connectivity index (χ3v) is 6.69. The first-order chi connectivity index (χ1) is 13.2. The van der Waals surface area contributed by atoms with E-state index < -0.39 is 11.3 Å². The number of rotatable bonds is 1. The number of hydrogen-bond donors (Lipinski definition) is 1. The second-order valence-corrected chi connectivity index (χ2v) is 9.14. The van der Waals surface area contributed by atoms with Crippen molar-refractivity contribution in [3.8, 4) is 18.2 Å². The van der Waals surface area contributed by atoms with Crippen molar-refractivity contribution in [1.29, 1.82) is 15.8 Å². The first-order valence-electron chi connectivity index (χ1n) is 9.39. The topological polar surface area (TPSA) is 97.4 Å². The molecule has 2 N–H and O–H groups in total. The van der Waals surface area contributed by atoms with Gasteiger partial charge in [-0.2, -0.15) is 15.8 Å². The maximum atomic E-state index is 10.1. The number of benzene rings is 1. The largest absolute Gasteiger partial charge is 0.399 e. The Morgan fingerprint density at radius 3 is 2.32 bits per heavy atom. The number of allylic oxidation sites excluding steroid dienone is 4. The number of nitriles is 3. The average molecular weight is 391 g/mol. The molecular formula is C23H23ClN4. The lowest BCUT2D eigenvalue weighted by molar-refractivity contribution is 0.170. The quantitative estimate of drug-likeness (QED) is 0.711. The van der Waals surface area contributed by atoms with Gasteiger partial charge in [0.1, 0.15) is 6.07 Å². The van der Waals surface area contributed by atoms with Gasteiger partial charge in [-0.1, -0.05) is 56.6 Å². The van der Waals surface area contributed by atoms with Crippen molar-refractivity contribution in [2.45, 2.75) is 39.5 Å². The van der Waals surface area contributed by atoms with Gasteiger partial charge in [0.25, 0.3) is 0 Å². The highest BCUT2D eigenvalue weighted by atomic mass is 35.5. The first kappa shape index (κ1) is 20.0. The summed E-state index contributed by atoms with van der Waals surface area (Å²) in [5.41, 5.74) is 6.67. The number of halogens is 1. The fourth-order valence-corrected chi connectivity index (χ4v) is 4.92. The summed E-state index contributed by atoms with van der Waals surface area (Å²) in [7, 11) is 0. The third-order valence-electron chi connectivity index (χ3n) is 6.34. The molecule has 3 rings (SSSR count). The van der Waals surface area contributed by atoms with Gasteiger partial charge in [-0.3, -0.25) is 0 Å². The monoisotopic (exact) mass is 390 g/mol. The lowest BCUT2D eigenvalue weighted by Crippen LogP contribution is -2.44. The Balaban J connectivity index is 2.33. The Morgan fingerprint density at radius 1 is 1.14 bits per heavy atom. The highest BCUT2D eigenvalue weighted by Gasteiger charge is 2.55. The zero-order valence-corrected chi connectivity index (χ0v) is 17.1. The smallest absolute Gasteiger partial charge is 0.191 e. The van der Waals surface area contributed by atoms with Gasteiger partial charge in [-0.25, -0.2) is 0 Å². The molecule has 0 saturated heterocycles. The number of nitrogens with two attached hydrogens (primary N) is 1. The van der Waals surface area contributed by atoms with E-state index in [1.165, 1.54) is 0 Å². The van der Waals surface area contributed by atoms with Crippen molar-refractivity contribution < 1.29 is 0 Å². The molecule has 1 aromatic rings. The molecule has 0 radical (unpaired) electrons. The standard InChI is InChI=1S/C23H23ClN4/c1-22(2,3)14-8-9-15-17(10-14)20(16-6-4-5-7-19(16)24)23(12-26,13-27)21(28)18(15)11-25/h4-7,9,14,17,20H,8,10,28H2,1-3H3/t14?,17-,20+/m1/s1. The lowest BCUT2D eigenvalue weighted by atomic mass is 9.54. The van der Waals surface area contributed by atoms with E-state index in [4.69, 9.17) is 17.3 Å². The average Bonchev–Trinajstić information content (AvgIpc) is 2.67. The van der Waals surface area contributed by atoms with Gasteiger partial charge in [-0.15, -0.1) is 0 Å². The summed E-state index contributed by atoms with van der Waals surface area (Å²) >= 11 is 6.51. The molecular weight excluding hydrogens is 368 g/mol. The van der Waals surface area contributed by atoms with Crippen LogP contribution in [0.2, 0.25) is 5.02 Å². The van der Waals surface area contributed by atoms with Gasteiger partial charge >= 0.3 is 0 Å². The third kappa shape index (κ3) is 2.88. The molecule has 28 heavy (non-hydrogen) atoms. The van der Waals surface area contributed by atoms with E-state index in [1.54, 1.807) is 6.07 Å². The SMILES string of the molecule is CC(C)(C)C1CC=C2C(C#N)=C(N)C(C#N)(C#N)[C@@H](c3ccccc3Cl)[C@@H]2C1. The van der Waals surface area contributed by atoms with Crippen molar-refractivity contribution >= 4 is 11.6 Å². The summed E-state index contributed by atoms with van der Waals surface area (Å²) in [5.74, 6) is -0.329. The van der Waals surface area contributed by atoms with E-state index in [-0.39, 0.29) is 22.6 Å². The molecule has 5 heteroatoms. The van der Waals surface area contributed by atoms with E-state index in [1.807, 2.05) is 18.2 Å². The molecule has 0 amide bonds. The van der Waals surface area contributed by atoms with Crippen molar-refractivity contribution in [3.63, 3.8) is 0 Å². The number of hydrogen-bond acceptors (Lipinski definition) is 4. The molecule has 0 fully saturated rings. The summed E-state index contributed by atoms with van der Waals surface area (Å²) in [6, 6.07) is 13.8. The Hall–Kier alpha value is -2.74. The van der Waals surface area contributed by atoms with Crippen LogP contribution < -0.4 is 5.73 Å². The van der Waals surface area contributed by atoms with E-state index in [2.05, 4.69) is 45.1 Å². The van der Waals surface area contributed by atoms with E-state index >= 15 is 0 Å². The van der Waals surface area contributed by atoms with Gasteiger partial charge in [-0.05, 0) is 47.3 Å². The second-order valence-electron chi connectivity index (χ2n) is 8.73. The van der Waals surface area contributed by atoms with Crippen molar-refractivity contribution in [2.24, 2.45) is 28.4 Å². The van der Waals surface area contributed by atoms with Gasteiger partial charge in [0.15, 0.2) is 5.41 Å². The molecule has 0 aliphatic heterocycles. The van der Waals surface area contributed by atoms with Gasteiger partial charge in [0.2, 0.25) is 0 Å². The summed E-state index contributed by atoms with van der Waals surface area (Å²) in [6.07, 6.45) is 3.70. The first-order valence-corrected chi connectivity index (χ1v) is 9.76. The van der Waals surface area contributed by atoms with Crippen LogP contribution in [0, 0.1) is 56.7 Å². The zero-order valence-electron chi connectivity index (χ0n) is 16.3. The van der Waals surface area contributed by atoms with Crippen LogP contribution in [0.1, 0.15) is 45.1 Å². The fraction of sp³-hybridized carbons (Fsp3) is 0.435. The normalized spacial score (nSPS) is 26.3. The van der Waals surface area contributed by atoms with Gasteiger partial charge in [0, 0.05) is 10.9 Å². The molecule has 4 nitrogen and oxygen atoms in total. The van der Waals surface area contributed by atoms with E-state index in [0.717, 1.165) is 24.0 Å². The molecule has 2 aliphatic rings. The summed E-state index contributed by atoms with van der Waals surface area (Å²) in [6.45, 7) is 6.59. The van der Waals surface area contributed by atoms with Crippen LogP contribution in [0.15, 0.2) is 47.2 Å². The fourth-order valence-electron chi connectivity index (χ4n) is 4.67. The Labute approximate surface area is 171 Å². The Kier molecular flexibility index (Phi) is 5.01. The summed E-state index contributed by atoms with van der Waals surface area (Å²) in [5, 5.41) is 30.5. The maximum Gasteiger partial charge on any atom is 0.191 e. The minimum atomic E-state index is -1.63. The van der Waals surface area contributed by atoms with Crippen molar-refractivity contribution in [3.05, 3.63) is 57.8 Å². The van der Waals surface area contributed by atoms with Crippen LogP contribution in [-0.2, 0) is 0 Å². The molecule has 0 saturated carbocycles. The van der Waals surface area contributed by atoms with Crippen molar-refractivity contribution in [1.82, 2.24) is 0 Å². The van der Waals surface area contributed by atoms with Crippen LogP contribution in [0.4, 0.5) is 0 Å². The minimum absolute atomic E-state index is 0.0432. The highest BCUT2D eigenvalue weighted by molar-refractivity contribution is 6.31. The molecule has 2 aliphatic carbocycles. The van der Waals surface area contributed by atoms with Crippen LogP contribution in [0.5, 0.6) is 0 Å². The van der Waals surface area contributed by atoms with Crippen LogP contribution in [-0.4, -0.2) is 0 Å². The van der Waals surface area contributed by atoms with E-state index in [0.29, 0.717) is 10.9 Å². The lowest BCUT2D eigenvalue weighted by Gasteiger charge is -2.47. The van der Waals surface area contributed by atoms with Crippen LogP contribution >= 0.6 is 11.6 Å². The Morgan fingerprint density at radius 2 is 1.79 bits per heavy atom. The molecule has 0 aromatic heterocycles. The zero-order chi connectivity index (χ0) is 20.7. The molecule has 142 valence electrons. The highest BCUT2D eigenvalue weighted by Crippen LogP contribution is 2.58. The number of fused-ring (bicyclic) bond motifs is 1. The summed E-state index contributed by atoms with van der Waals surface area (Å²) in [4.78, 5) is 0. The molecule has 0 spiro atoms. The van der Waals surface area contributed by atoms with Gasteiger partial charge in [0.05, 0.1) is 23.4 Å². The Bertz CT molecular complexity index is 977. The minimum Gasteiger partial charge on any atom is -0.399 e.